The largest absolute Gasteiger partial charge is 0.497 e. The number of benzene rings is 1. The second kappa shape index (κ2) is 8.28. The lowest BCUT2D eigenvalue weighted by Gasteiger charge is -2.55. The number of hydrogen-bond acceptors (Lipinski definition) is 5. The van der Waals surface area contributed by atoms with Gasteiger partial charge in [-0.1, -0.05) is 0 Å². The molecule has 0 spiro atoms. The second-order valence-electron chi connectivity index (χ2n) is 9.24. The summed E-state index contributed by atoms with van der Waals surface area (Å²) >= 11 is 0. The fourth-order valence-electron chi connectivity index (χ4n) is 5.99. The van der Waals surface area contributed by atoms with Gasteiger partial charge in [0.15, 0.2) is 0 Å². The van der Waals surface area contributed by atoms with E-state index in [4.69, 9.17) is 9.47 Å². The Bertz CT molecular complexity index is 816. The van der Waals surface area contributed by atoms with Gasteiger partial charge in [-0.15, -0.1) is 0 Å². The Labute approximate surface area is 177 Å². The zero-order chi connectivity index (χ0) is 21.3. The molecule has 0 heterocycles. The molecular weight excluding hydrogens is 382 g/mol. The second-order valence-corrected chi connectivity index (χ2v) is 9.24. The van der Waals surface area contributed by atoms with E-state index in [2.05, 4.69) is 15.8 Å². The Kier molecular flexibility index (Phi) is 5.71. The van der Waals surface area contributed by atoms with Crippen LogP contribution in [0.4, 0.5) is 0 Å². The number of rotatable bonds is 7. The molecule has 0 aliphatic heterocycles. The van der Waals surface area contributed by atoms with E-state index >= 15 is 0 Å². The molecule has 0 radical (unpaired) electrons. The van der Waals surface area contributed by atoms with Crippen molar-refractivity contribution in [1.29, 1.82) is 0 Å². The normalized spacial score (nSPS) is 30.2. The predicted octanol–water partition coefficient (Wildman–Crippen LogP) is 2.88. The summed E-state index contributed by atoms with van der Waals surface area (Å²) in [4.78, 5) is 25.6. The van der Waals surface area contributed by atoms with Crippen LogP contribution in [0, 0.1) is 23.2 Å². The van der Waals surface area contributed by atoms with Gasteiger partial charge in [-0.05, 0) is 75.3 Å². The summed E-state index contributed by atoms with van der Waals surface area (Å²) in [6.07, 6.45) is 8.31. The molecule has 1 aromatic carbocycles. The smallest absolute Gasteiger partial charge is 0.262 e. The zero-order valence-corrected chi connectivity index (χ0v) is 17.9. The summed E-state index contributed by atoms with van der Waals surface area (Å²) in [6, 6.07) is 4.70. The third-order valence-electron chi connectivity index (χ3n) is 7.08. The number of hydrazone groups is 1. The standard InChI is InChI=1S/C23H31N3O4/c1-14(21(27)26-24-13-18-4-5-19(29-2)9-20(18)30-3)25-22(28)23-10-15-6-16(11-23)8-17(7-15)12-23/h4-5,9,13-17H,6-8,10-12H2,1-3H3,(H,25,28)(H,26,27)/b24-13+. The van der Waals surface area contributed by atoms with Gasteiger partial charge in [-0.3, -0.25) is 9.59 Å². The number of nitrogens with zero attached hydrogens (tertiary/aromatic N) is 1. The predicted molar refractivity (Wildman–Crippen MR) is 113 cm³/mol. The maximum atomic E-state index is 13.1. The SMILES string of the molecule is COc1ccc(/C=N/NC(=O)C(C)NC(=O)C23CC4CC(CC(C4)C2)C3)c(OC)c1. The molecule has 4 fully saturated rings. The molecule has 162 valence electrons. The van der Waals surface area contributed by atoms with E-state index in [-0.39, 0.29) is 17.2 Å². The molecule has 2 amide bonds. The molecule has 7 nitrogen and oxygen atoms in total. The van der Waals surface area contributed by atoms with Crippen molar-refractivity contribution in [3.63, 3.8) is 0 Å². The van der Waals surface area contributed by atoms with Crippen LogP contribution in [0.5, 0.6) is 11.5 Å². The fraction of sp³-hybridized carbons (Fsp3) is 0.609. The van der Waals surface area contributed by atoms with Crippen molar-refractivity contribution in [2.24, 2.45) is 28.3 Å². The Morgan fingerprint density at radius 1 is 1.10 bits per heavy atom. The highest BCUT2D eigenvalue weighted by Gasteiger charge is 2.54. The first-order chi connectivity index (χ1) is 14.4. The van der Waals surface area contributed by atoms with Crippen molar-refractivity contribution < 1.29 is 19.1 Å². The van der Waals surface area contributed by atoms with Gasteiger partial charge in [0, 0.05) is 17.0 Å². The highest BCUT2D eigenvalue weighted by atomic mass is 16.5. The van der Waals surface area contributed by atoms with Gasteiger partial charge in [0.2, 0.25) is 5.91 Å². The van der Waals surface area contributed by atoms with E-state index in [1.54, 1.807) is 39.3 Å². The molecule has 1 aromatic rings. The number of carbonyl (C=O) groups excluding carboxylic acids is 2. The number of carbonyl (C=O) groups is 2. The fourth-order valence-corrected chi connectivity index (χ4v) is 5.99. The maximum absolute atomic E-state index is 13.1. The van der Waals surface area contributed by atoms with Crippen LogP contribution in [0.3, 0.4) is 0 Å². The Hall–Kier alpha value is -2.57. The van der Waals surface area contributed by atoms with Crippen molar-refractivity contribution in [3.05, 3.63) is 23.8 Å². The van der Waals surface area contributed by atoms with Crippen LogP contribution in [0.25, 0.3) is 0 Å². The summed E-state index contributed by atoms with van der Waals surface area (Å²) < 4.78 is 10.5. The number of nitrogens with one attached hydrogen (secondary N) is 2. The third-order valence-corrected chi connectivity index (χ3v) is 7.08. The minimum absolute atomic E-state index is 0.0463. The van der Waals surface area contributed by atoms with Gasteiger partial charge < -0.3 is 14.8 Å². The minimum Gasteiger partial charge on any atom is -0.497 e. The van der Waals surface area contributed by atoms with Crippen LogP contribution in [-0.2, 0) is 9.59 Å². The molecule has 4 saturated carbocycles. The van der Waals surface area contributed by atoms with Gasteiger partial charge in [0.05, 0.1) is 20.4 Å². The Morgan fingerprint density at radius 3 is 2.30 bits per heavy atom. The van der Waals surface area contributed by atoms with Crippen LogP contribution in [-0.4, -0.2) is 38.3 Å². The molecule has 1 atom stereocenters. The molecule has 5 rings (SSSR count). The molecule has 2 N–H and O–H groups in total. The average Bonchev–Trinajstić information content (AvgIpc) is 2.72. The number of methoxy groups -OCH3 is 2. The van der Waals surface area contributed by atoms with Crippen LogP contribution in [0.2, 0.25) is 0 Å². The first kappa shape index (κ1) is 20.7. The summed E-state index contributed by atoms with van der Waals surface area (Å²) in [6.45, 7) is 1.71. The molecular formula is C23H31N3O4. The van der Waals surface area contributed by atoms with E-state index in [0.29, 0.717) is 34.8 Å². The van der Waals surface area contributed by atoms with Gasteiger partial charge >= 0.3 is 0 Å². The van der Waals surface area contributed by atoms with E-state index < -0.39 is 6.04 Å². The van der Waals surface area contributed by atoms with E-state index in [1.807, 2.05) is 0 Å². The van der Waals surface area contributed by atoms with Crippen molar-refractivity contribution in [2.75, 3.05) is 14.2 Å². The first-order valence-corrected chi connectivity index (χ1v) is 10.8. The first-order valence-electron chi connectivity index (χ1n) is 10.8. The number of amides is 2. The summed E-state index contributed by atoms with van der Waals surface area (Å²) in [5.41, 5.74) is 2.97. The van der Waals surface area contributed by atoms with Gasteiger partial charge in [0.1, 0.15) is 17.5 Å². The quantitative estimate of drug-likeness (QED) is 0.531. The Balaban J connectivity index is 1.33. The molecule has 30 heavy (non-hydrogen) atoms. The average molecular weight is 414 g/mol. The van der Waals surface area contributed by atoms with Crippen molar-refractivity contribution in [1.82, 2.24) is 10.7 Å². The minimum atomic E-state index is -0.639. The summed E-state index contributed by atoms with van der Waals surface area (Å²) in [7, 11) is 3.15. The summed E-state index contributed by atoms with van der Waals surface area (Å²) in [5.74, 6) is 3.05. The highest BCUT2D eigenvalue weighted by Crippen LogP contribution is 2.60. The molecule has 7 heteroatoms. The van der Waals surface area contributed by atoms with Crippen LogP contribution >= 0.6 is 0 Å². The monoisotopic (exact) mass is 413 g/mol. The lowest BCUT2D eigenvalue weighted by Crippen LogP contribution is -2.56. The molecule has 4 bridgehead atoms. The van der Waals surface area contributed by atoms with Crippen molar-refractivity contribution in [3.8, 4) is 11.5 Å². The Morgan fingerprint density at radius 2 is 1.73 bits per heavy atom. The van der Waals surface area contributed by atoms with E-state index in [1.165, 1.54) is 25.5 Å². The molecule has 0 saturated heterocycles. The maximum Gasteiger partial charge on any atom is 0.262 e. The number of ether oxygens (including phenoxy) is 2. The van der Waals surface area contributed by atoms with Crippen molar-refractivity contribution >= 4 is 18.0 Å². The van der Waals surface area contributed by atoms with E-state index in [0.717, 1.165) is 19.3 Å². The van der Waals surface area contributed by atoms with Gasteiger partial charge in [0.25, 0.3) is 5.91 Å². The highest BCUT2D eigenvalue weighted by molar-refractivity contribution is 5.91. The van der Waals surface area contributed by atoms with Crippen molar-refractivity contribution in [2.45, 2.75) is 51.5 Å². The van der Waals surface area contributed by atoms with Crippen LogP contribution < -0.4 is 20.2 Å². The lowest BCUT2D eigenvalue weighted by molar-refractivity contribution is -0.148. The topological polar surface area (TPSA) is 89.0 Å². The van der Waals surface area contributed by atoms with Gasteiger partial charge in [-0.2, -0.15) is 5.10 Å². The molecule has 4 aliphatic rings. The number of hydrogen-bond donors (Lipinski definition) is 2. The molecule has 4 aliphatic carbocycles. The molecule has 0 aromatic heterocycles. The van der Waals surface area contributed by atoms with Crippen LogP contribution in [0.15, 0.2) is 23.3 Å². The summed E-state index contributed by atoms with van der Waals surface area (Å²) in [5, 5.41) is 6.99. The van der Waals surface area contributed by atoms with Crippen LogP contribution in [0.1, 0.15) is 51.0 Å². The lowest BCUT2D eigenvalue weighted by atomic mass is 9.49. The van der Waals surface area contributed by atoms with Gasteiger partial charge in [-0.25, -0.2) is 5.43 Å². The third kappa shape index (κ3) is 4.02. The zero-order valence-electron chi connectivity index (χ0n) is 17.9. The van der Waals surface area contributed by atoms with E-state index in [9.17, 15) is 9.59 Å². The molecule has 1 unspecified atom stereocenters.